The molecule has 0 saturated heterocycles. The molecule has 0 N–H and O–H groups in total. The van der Waals surface area contributed by atoms with E-state index in [1.54, 1.807) is 24.6 Å². The summed E-state index contributed by atoms with van der Waals surface area (Å²) in [6.07, 6.45) is 4.97. The number of esters is 1. The number of aromatic nitrogens is 5. The molecule has 0 amide bonds. The molecule has 0 fully saturated rings. The Balaban J connectivity index is 1.51. The molecule has 5 aromatic rings. The average molecular weight is 462 g/mol. The first kappa shape index (κ1) is 19.6. The molecule has 0 bridgehead atoms. The smallest absolute Gasteiger partial charge is 0.316 e. The van der Waals surface area contributed by atoms with Gasteiger partial charge in [0, 0.05) is 10.9 Å². The van der Waals surface area contributed by atoms with Crippen LogP contribution >= 0.6 is 23.1 Å². The van der Waals surface area contributed by atoms with Crippen molar-refractivity contribution in [2.24, 2.45) is 0 Å². The number of carbonyl (C=O) groups is 1. The normalized spacial score (nSPS) is 13.3. The zero-order valence-electron chi connectivity index (χ0n) is 17.4. The predicted molar refractivity (Wildman–Crippen MR) is 126 cm³/mol. The fourth-order valence-corrected chi connectivity index (χ4v) is 6.23. The highest BCUT2D eigenvalue weighted by Crippen LogP contribution is 2.42. The summed E-state index contributed by atoms with van der Waals surface area (Å²) >= 11 is 2.92. The lowest BCUT2D eigenvalue weighted by Crippen LogP contribution is -2.07. The molecular weight excluding hydrogens is 442 g/mol. The van der Waals surface area contributed by atoms with E-state index in [-0.39, 0.29) is 11.7 Å². The molecular formula is C23H19N5O2S2. The average Bonchev–Trinajstić information content (AvgIpc) is 3.53. The van der Waals surface area contributed by atoms with E-state index in [4.69, 9.17) is 14.7 Å². The molecule has 1 aliphatic rings. The third-order valence-electron chi connectivity index (χ3n) is 5.72. The third kappa shape index (κ3) is 3.07. The minimum Gasteiger partial charge on any atom is -0.465 e. The number of hydrogen-bond acceptors (Lipinski definition) is 8. The highest BCUT2D eigenvalue weighted by molar-refractivity contribution is 7.99. The minimum absolute atomic E-state index is 0.189. The van der Waals surface area contributed by atoms with E-state index in [1.807, 2.05) is 10.5 Å². The number of hydrogen-bond donors (Lipinski definition) is 0. The van der Waals surface area contributed by atoms with E-state index in [1.165, 1.54) is 22.9 Å². The van der Waals surface area contributed by atoms with Crippen molar-refractivity contribution in [1.82, 2.24) is 24.6 Å². The van der Waals surface area contributed by atoms with Gasteiger partial charge in [0.1, 0.15) is 15.9 Å². The van der Waals surface area contributed by atoms with Crippen LogP contribution in [0.2, 0.25) is 0 Å². The quantitative estimate of drug-likeness (QED) is 0.277. The van der Waals surface area contributed by atoms with Crippen LogP contribution in [0.4, 0.5) is 0 Å². The van der Waals surface area contributed by atoms with Crippen molar-refractivity contribution in [3.8, 4) is 11.3 Å². The van der Waals surface area contributed by atoms with Gasteiger partial charge in [-0.25, -0.2) is 9.97 Å². The molecule has 0 atom stereocenters. The molecule has 4 aromatic heterocycles. The summed E-state index contributed by atoms with van der Waals surface area (Å²) in [7, 11) is 0. The van der Waals surface area contributed by atoms with E-state index in [0.29, 0.717) is 11.8 Å². The van der Waals surface area contributed by atoms with Crippen molar-refractivity contribution in [1.29, 1.82) is 0 Å². The lowest BCUT2D eigenvalue weighted by Gasteiger charge is -2.09. The molecule has 0 aliphatic heterocycles. The van der Waals surface area contributed by atoms with Gasteiger partial charge < -0.3 is 4.74 Å². The molecule has 9 heteroatoms. The van der Waals surface area contributed by atoms with Gasteiger partial charge in [-0.05, 0) is 37.3 Å². The Morgan fingerprint density at radius 3 is 2.88 bits per heavy atom. The van der Waals surface area contributed by atoms with Gasteiger partial charge in [-0.2, -0.15) is 0 Å². The number of pyridine rings is 1. The maximum atomic E-state index is 11.7. The van der Waals surface area contributed by atoms with Gasteiger partial charge in [0.15, 0.2) is 10.8 Å². The summed E-state index contributed by atoms with van der Waals surface area (Å²) in [6, 6.07) is 10.4. The number of nitrogens with zero attached hydrogens (tertiary/aromatic N) is 5. The summed E-state index contributed by atoms with van der Waals surface area (Å²) < 4.78 is 7.84. The van der Waals surface area contributed by atoms with Crippen LogP contribution in [0.3, 0.4) is 0 Å². The van der Waals surface area contributed by atoms with E-state index < -0.39 is 0 Å². The fourth-order valence-electron chi connectivity index (χ4n) is 4.40. The van der Waals surface area contributed by atoms with Gasteiger partial charge >= 0.3 is 5.97 Å². The molecule has 160 valence electrons. The summed E-state index contributed by atoms with van der Waals surface area (Å²) in [4.78, 5) is 22.6. The van der Waals surface area contributed by atoms with E-state index in [9.17, 15) is 4.79 Å². The van der Waals surface area contributed by atoms with Crippen LogP contribution in [0.5, 0.6) is 0 Å². The van der Waals surface area contributed by atoms with Gasteiger partial charge in [0.05, 0.1) is 23.6 Å². The van der Waals surface area contributed by atoms with Crippen LogP contribution in [-0.4, -0.2) is 42.9 Å². The van der Waals surface area contributed by atoms with Gasteiger partial charge in [-0.1, -0.05) is 42.1 Å². The van der Waals surface area contributed by atoms with Crippen LogP contribution in [0, 0.1) is 0 Å². The first-order chi connectivity index (χ1) is 15.7. The van der Waals surface area contributed by atoms with Crippen molar-refractivity contribution in [2.75, 3.05) is 12.4 Å². The van der Waals surface area contributed by atoms with Crippen LogP contribution in [-0.2, 0) is 22.4 Å². The van der Waals surface area contributed by atoms with E-state index in [2.05, 4.69) is 34.5 Å². The number of thioether (sulfide) groups is 1. The number of thiophene rings is 1. The Morgan fingerprint density at radius 1 is 1.19 bits per heavy atom. The van der Waals surface area contributed by atoms with E-state index in [0.717, 1.165) is 56.6 Å². The lowest BCUT2D eigenvalue weighted by atomic mass is 10.0. The maximum absolute atomic E-state index is 11.7. The molecule has 7 nitrogen and oxygen atoms in total. The zero-order valence-corrected chi connectivity index (χ0v) is 19.0. The number of carbonyl (C=O) groups excluding carboxylic acids is 1. The van der Waals surface area contributed by atoms with Crippen molar-refractivity contribution in [3.63, 3.8) is 0 Å². The second-order valence-corrected chi connectivity index (χ2v) is 9.55. The Bertz CT molecular complexity index is 1490. The Hall–Kier alpha value is -3.04. The van der Waals surface area contributed by atoms with Gasteiger partial charge in [-0.15, -0.1) is 21.5 Å². The van der Waals surface area contributed by atoms with Crippen LogP contribution in [0.25, 0.3) is 37.3 Å². The van der Waals surface area contributed by atoms with Crippen molar-refractivity contribution in [2.45, 2.75) is 31.3 Å². The molecule has 0 saturated carbocycles. The predicted octanol–water partition coefficient (Wildman–Crippen LogP) is 4.70. The summed E-state index contributed by atoms with van der Waals surface area (Å²) in [6.45, 7) is 2.16. The first-order valence-electron chi connectivity index (χ1n) is 10.6. The minimum atomic E-state index is -0.265. The van der Waals surface area contributed by atoms with Gasteiger partial charge in [-0.3, -0.25) is 9.20 Å². The number of ether oxygens (including phenoxy) is 1. The zero-order chi connectivity index (χ0) is 21.7. The van der Waals surface area contributed by atoms with Gasteiger partial charge in [0.2, 0.25) is 0 Å². The number of fused-ring (bicyclic) bond motifs is 7. The highest BCUT2D eigenvalue weighted by atomic mass is 32.2. The number of benzene rings is 1. The third-order valence-corrected chi connectivity index (χ3v) is 7.71. The Morgan fingerprint density at radius 2 is 2.03 bits per heavy atom. The molecule has 0 spiro atoms. The summed E-state index contributed by atoms with van der Waals surface area (Å²) in [5, 5.41) is 10.5. The largest absolute Gasteiger partial charge is 0.465 e. The number of aryl methyl sites for hydroxylation is 1. The second kappa shape index (κ2) is 7.83. The van der Waals surface area contributed by atoms with Crippen molar-refractivity contribution < 1.29 is 9.53 Å². The topological polar surface area (TPSA) is 82.3 Å². The molecule has 4 heterocycles. The standard InChI is InChI=1S/C23H19N5O2S2/c1-2-30-16(29)11-31-23-27-26-21-20-19(24-12-28(21)23)17-14-9-6-10-15(14)18(25-22(17)32-20)13-7-4-3-5-8-13/h3-5,7-8,12H,2,6,9-11H2,1H3. The van der Waals surface area contributed by atoms with Gasteiger partial charge in [0.25, 0.3) is 0 Å². The lowest BCUT2D eigenvalue weighted by molar-refractivity contribution is -0.139. The SMILES string of the molecule is CCOC(=O)CSc1nnc2c3sc4nc(-c5ccccc5)c5c(c4c3ncn12)CCC5. The van der Waals surface area contributed by atoms with Crippen molar-refractivity contribution in [3.05, 3.63) is 47.8 Å². The fraction of sp³-hybridized carbons (Fsp3) is 0.261. The van der Waals surface area contributed by atoms with E-state index >= 15 is 0 Å². The Labute approximate surface area is 191 Å². The Kier molecular flexibility index (Phi) is 4.80. The molecule has 6 rings (SSSR count). The molecule has 32 heavy (non-hydrogen) atoms. The first-order valence-corrected chi connectivity index (χ1v) is 12.4. The molecule has 1 aliphatic carbocycles. The molecule has 0 unspecified atom stereocenters. The monoisotopic (exact) mass is 461 g/mol. The second-order valence-electron chi connectivity index (χ2n) is 7.61. The van der Waals surface area contributed by atoms with Crippen LogP contribution in [0.1, 0.15) is 24.5 Å². The van der Waals surface area contributed by atoms with Crippen LogP contribution < -0.4 is 0 Å². The summed E-state index contributed by atoms with van der Waals surface area (Å²) in [5.41, 5.74) is 6.64. The van der Waals surface area contributed by atoms with Crippen molar-refractivity contribution >= 4 is 55.1 Å². The molecule has 0 radical (unpaired) electrons. The highest BCUT2D eigenvalue weighted by Gasteiger charge is 2.25. The maximum Gasteiger partial charge on any atom is 0.316 e. The molecule has 1 aromatic carbocycles. The summed E-state index contributed by atoms with van der Waals surface area (Å²) in [5.74, 6) is -0.0763. The van der Waals surface area contributed by atoms with Crippen LogP contribution in [0.15, 0.2) is 41.8 Å². The number of rotatable bonds is 5.